The molecular formula is C19H21ClN4O2. The maximum atomic E-state index is 12.6. The van der Waals surface area contributed by atoms with Gasteiger partial charge in [0, 0.05) is 50.0 Å². The number of pyridine rings is 1. The molecular weight excluding hydrogens is 352 g/mol. The third-order valence-corrected chi connectivity index (χ3v) is 4.75. The Kier molecular flexibility index (Phi) is 5.42. The summed E-state index contributed by atoms with van der Waals surface area (Å²) in [6, 6.07) is 7.17. The Labute approximate surface area is 157 Å². The number of aromatic nitrogens is 1. The molecule has 0 spiro atoms. The van der Waals surface area contributed by atoms with E-state index in [-0.39, 0.29) is 11.8 Å². The van der Waals surface area contributed by atoms with Crippen molar-refractivity contribution in [1.29, 1.82) is 0 Å². The van der Waals surface area contributed by atoms with Crippen LogP contribution in [0.25, 0.3) is 0 Å². The number of hydrogen-bond acceptors (Lipinski definition) is 4. The summed E-state index contributed by atoms with van der Waals surface area (Å²) in [4.78, 5) is 32.2. The molecule has 1 aromatic carbocycles. The van der Waals surface area contributed by atoms with Crippen molar-refractivity contribution in [2.75, 3.05) is 36.4 Å². The SMILES string of the molecule is CC(=O)N1CCN(c2cncc(C(=O)Nc3ccc(Cl)cc3C)c2)CC1. The molecule has 6 nitrogen and oxygen atoms in total. The van der Waals surface area contributed by atoms with E-state index < -0.39 is 0 Å². The van der Waals surface area contributed by atoms with Crippen molar-refractivity contribution >= 4 is 34.8 Å². The molecule has 0 aliphatic carbocycles. The Balaban J connectivity index is 1.71. The first-order valence-corrected chi connectivity index (χ1v) is 8.85. The van der Waals surface area contributed by atoms with Crippen LogP contribution in [0.5, 0.6) is 0 Å². The number of nitrogens with zero attached hydrogens (tertiary/aromatic N) is 3. The minimum atomic E-state index is -0.216. The molecule has 1 fully saturated rings. The number of nitrogens with one attached hydrogen (secondary N) is 1. The monoisotopic (exact) mass is 372 g/mol. The Morgan fingerprint density at radius 3 is 2.50 bits per heavy atom. The van der Waals surface area contributed by atoms with Gasteiger partial charge in [-0.2, -0.15) is 0 Å². The van der Waals surface area contributed by atoms with Crippen LogP contribution < -0.4 is 10.2 Å². The molecule has 1 aliphatic heterocycles. The first-order valence-electron chi connectivity index (χ1n) is 8.47. The number of amides is 2. The molecule has 1 aliphatic rings. The fraction of sp³-hybridized carbons (Fsp3) is 0.316. The zero-order valence-corrected chi connectivity index (χ0v) is 15.6. The number of carbonyl (C=O) groups is 2. The zero-order chi connectivity index (χ0) is 18.7. The van der Waals surface area contributed by atoms with Gasteiger partial charge in [0.05, 0.1) is 17.4 Å². The average Bonchev–Trinajstić information content (AvgIpc) is 2.64. The molecule has 7 heteroatoms. The lowest BCUT2D eigenvalue weighted by molar-refractivity contribution is -0.129. The maximum Gasteiger partial charge on any atom is 0.257 e. The molecule has 0 saturated carbocycles. The molecule has 0 unspecified atom stereocenters. The van der Waals surface area contributed by atoms with E-state index in [9.17, 15) is 9.59 Å². The first kappa shape index (κ1) is 18.2. The molecule has 26 heavy (non-hydrogen) atoms. The highest BCUT2D eigenvalue weighted by Crippen LogP contribution is 2.21. The smallest absolute Gasteiger partial charge is 0.257 e. The van der Waals surface area contributed by atoms with Crippen LogP contribution in [0.4, 0.5) is 11.4 Å². The number of carbonyl (C=O) groups excluding carboxylic acids is 2. The molecule has 0 bridgehead atoms. The van der Waals surface area contributed by atoms with Gasteiger partial charge in [-0.3, -0.25) is 14.6 Å². The molecule has 1 aromatic heterocycles. The van der Waals surface area contributed by atoms with Gasteiger partial charge >= 0.3 is 0 Å². The van der Waals surface area contributed by atoms with Gasteiger partial charge < -0.3 is 15.1 Å². The van der Waals surface area contributed by atoms with Crippen molar-refractivity contribution in [2.45, 2.75) is 13.8 Å². The third-order valence-electron chi connectivity index (χ3n) is 4.51. The highest BCUT2D eigenvalue weighted by atomic mass is 35.5. The summed E-state index contributed by atoms with van der Waals surface area (Å²) in [7, 11) is 0. The van der Waals surface area contributed by atoms with Crippen LogP contribution in [0, 0.1) is 6.92 Å². The minimum Gasteiger partial charge on any atom is -0.367 e. The van der Waals surface area contributed by atoms with Gasteiger partial charge in [-0.25, -0.2) is 0 Å². The summed E-state index contributed by atoms with van der Waals surface area (Å²) in [5.74, 6) is -0.124. The van der Waals surface area contributed by atoms with Crippen molar-refractivity contribution < 1.29 is 9.59 Å². The fourth-order valence-corrected chi connectivity index (χ4v) is 3.19. The topological polar surface area (TPSA) is 65.5 Å². The van der Waals surface area contributed by atoms with E-state index in [0.29, 0.717) is 23.7 Å². The number of piperazine rings is 1. The van der Waals surface area contributed by atoms with Crippen LogP contribution in [0.2, 0.25) is 5.02 Å². The van der Waals surface area contributed by atoms with Crippen LogP contribution in [0.1, 0.15) is 22.8 Å². The molecule has 2 amide bonds. The summed E-state index contributed by atoms with van der Waals surface area (Å²) < 4.78 is 0. The van der Waals surface area contributed by atoms with Crippen LogP contribution in [0.3, 0.4) is 0 Å². The van der Waals surface area contributed by atoms with E-state index in [1.165, 1.54) is 0 Å². The van der Waals surface area contributed by atoms with E-state index >= 15 is 0 Å². The van der Waals surface area contributed by atoms with Crippen LogP contribution in [-0.4, -0.2) is 47.9 Å². The predicted molar refractivity (Wildman–Crippen MR) is 103 cm³/mol. The number of halogens is 1. The summed E-state index contributed by atoms with van der Waals surface area (Å²) in [6.07, 6.45) is 3.30. The van der Waals surface area contributed by atoms with E-state index in [2.05, 4.69) is 15.2 Å². The van der Waals surface area contributed by atoms with Gasteiger partial charge in [0.25, 0.3) is 5.91 Å². The lowest BCUT2D eigenvalue weighted by Crippen LogP contribution is -2.48. The molecule has 1 N–H and O–H groups in total. The molecule has 2 aromatic rings. The van der Waals surface area contributed by atoms with E-state index in [1.54, 1.807) is 37.5 Å². The Morgan fingerprint density at radius 2 is 1.85 bits per heavy atom. The molecule has 1 saturated heterocycles. The lowest BCUT2D eigenvalue weighted by Gasteiger charge is -2.35. The van der Waals surface area contributed by atoms with Crippen molar-refractivity contribution in [3.63, 3.8) is 0 Å². The summed E-state index contributed by atoms with van der Waals surface area (Å²) in [6.45, 7) is 6.28. The zero-order valence-electron chi connectivity index (χ0n) is 14.8. The highest BCUT2D eigenvalue weighted by Gasteiger charge is 2.20. The summed E-state index contributed by atoms with van der Waals surface area (Å²) in [5.41, 5.74) is 3.00. The molecule has 3 rings (SSSR count). The standard InChI is InChI=1S/C19H21ClN4O2/c1-13-9-16(20)3-4-18(13)22-19(26)15-10-17(12-21-11-15)24-7-5-23(6-8-24)14(2)25/h3-4,9-12H,5-8H2,1-2H3,(H,22,26). The van der Waals surface area contributed by atoms with Gasteiger partial charge in [-0.05, 0) is 36.8 Å². The van der Waals surface area contributed by atoms with Crippen molar-refractivity contribution in [2.24, 2.45) is 0 Å². The second-order valence-corrected chi connectivity index (χ2v) is 6.77. The van der Waals surface area contributed by atoms with Gasteiger partial charge in [0.1, 0.15) is 0 Å². The first-order chi connectivity index (χ1) is 12.4. The maximum absolute atomic E-state index is 12.6. The number of hydrogen-bond donors (Lipinski definition) is 1. The van der Waals surface area contributed by atoms with Crippen molar-refractivity contribution in [1.82, 2.24) is 9.88 Å². The fourth-order valence-electron chi connectivity index (χ4n) is 2.97. The largest absolute Gasteiger partial charge is 0.367 e. The third kappa shape index (κ3) is 4.14. The summed E-state index contributed by atoms with van der Waals surface area (Å²) in [5, 5.41) is 3.53. The number of rotatable bonds is 3. The molecule has 136 valence electrons. The normalized spacial score (nSPS) is 14.3. The molecule has 0 atom stereocenters. The highest BCUT2D eigenvalue weighted by molar-refractivity contribution is 6.30. The van der Waals surface area contributed by atoms with Crippen LogP contribution in [0.15, 0.2) is 36.7 Å². The van der Waals surface area contributed by atoms with Crippen LogP contribution in [-0.2, 0) is 4.79 Å². The van der Waals surface area contributed by atoms with E-state index in [0.717, 1.165) is 30.0 Å². The Bertz CT molecular complexity index is 832. The average molecular weight is 373 g/mol. The predicted octanol–water partition coefficient (Wildman–Crippen LogP) is 2.96. The van der Waals surface area contributed by atoms with Gasteiger partial charge in [0.2, 0.25) is 5.91 Å². The lowest BCUT2D eigenvalue weighted by atomic mass is 10.1. The van der Waals surface area contributed by atoms with Crippen molar-refractivity contribution in [3.05, 3.63) is 52.8 Å². The second-order valence-electron chi connectivity index (χ2n) is 6.34. The Hall–Kier alpha value is -2.60. The van der Waals surface area contributed by atoms with Gasteiger partial charge in [0.15, 0.2) is 0 Å². The second kappa shape index (κ2) is 7.74. The van der Waals surface area contributed by atoms with Crippen LogP contribution >= 0.6 is 11.6 Å². The van der Waals surface area contributed by atoms with Gasteiger partial charge in [-0.15, -0.1) is 0 Å². The summed E-state index contributed by atoms with van der Waals surface area (Å²) >= 11 is 5.95. The van der Waals surface area contributed by atoms with E-state index in [4.69, 9.17) is 11.6 Å². The Morgan fingerprint density at radius 1 is 1.12 bits per heavy atom. The van der Waals surface area contributed by atoms with E-state index in [1.807, 2.05) is 17.9 Å². The minimum absolute atomic E-state index is 0.0919. The number of benzene rings is 1. The quantitative estimate of drug-likeness (QED) is 0.899. The number of aryl methyl sites for hydroxylation is 1. The van der Waals surface area contributed by atoms with Gasteiger partial charge in [-0.1, -0.05) is 11.6 Å². The molecule has 0 radical (unpaired) electrons. The molecule has 2 heterocycles. The number of anilines is 2. The van der Waals surface area contributed by atoms with Crippen molar-refractivity contribution in [3.8, 4) is 0 Å².